The summed E-state index contributed by atoms with van der Waals surface area (Å²) in [5.41, 5.74) is 0.755. The van der Waals surface area contributed by atoms with E-state index in [-0.39, 0.29) is 18.6 Å². The second kappa shape index (κ2) is 9.53. The minimum absolute atomic E-state index is 0.00638. The molecule has 1 atom stereocenters. The summed E-state index contributed by atoms with van der Waals surface area (Å²) in [4.78, 5) is 26.4. The van der Waals surface area contributed by atoms with E-state index in [2.05, 4.69) is 49.4 Å². The molecule has 2 aromatic rings. The maximum atomic E-state index is 13.3. The average molecular weight is 410 g/mol. The summed E-state index contributed by atoms with van der Waals surface area (Å²) in [5, 5.41) is 12.9. The first kappa shape index (κ1) is 20.8. The normalized spacial score (nSPS) is 22.9. The molecular weight excluding hydrogens is 378 g/mol. The molecule has 4 rings (SSSR count). The number of rotatable bonds is 7. The van der Waals surface area contributed by atoms with E-state index >= 15 is 0 Å². The van der Waals surface area contributed by atoms with Crippen molar-refractivity contribution in [2.45, 2.75) is 38.3 Å². The summed E-state index contributed by atoms with van der Waals surface area (Å²) in [6.45, 7) is 4.21. The number of carbonyl (C=O) groups is 1. The van der Waals surface area contributed by atoms with Gasteiger partial charge in [-0.3, -0.25) is 9.69 Å². The Hall–Kier alpha value is -2.51. The van der Waals surface area contributed by atoms with Crippen molar-refractivity contribution >= 4 is 11.9 Å². The number of carbonyl (C=O) groups excluding carboxylic acids is 1. The van der Waals surface area contributed by atoms with E-state index in [0.29, 0.717) is 25.3 Å². The van der Waals surface area contributed by atoms with E-state index in [9.17, 15) is 9.90 Å². The van der Waals surface area contributed by atoms with Gasteiger partial charge in [-0.25, -0.2) is 9.97 Å². The number of piperidine rings is 1. The highest BCUT2D eigenvalue weighted by atomic mass is 16.3. The predicted octanol–water partition coefficient (Wildman–Crippen LogP) is 1.84. The summed E-state index contributed by atoms with van der Waals surface area (Å²) < 4.78 is 0. The highest BCUT2D eigenvalue weighted by Crippen LogP contribution is 2.36. The second-order valence-electron chi connectivity index (χ2n) is 8.48. The first-order chi connectivity index (χ1) is 14.7. The molecule has 1 aromatic heterocycles. The van der Waals surface area contributed by atoms with Crippen LogP contribution in [0.1, 0.15) is 31.2 Å². The van der Waals surface area contributed by atoms with Gasteiger partial charge in [-0.2, -0.15) is 0 Å². The molecule has 3 heterocycles. The molecule has 2 N–H and O–H groups in total. The number of amides is 1. The van der Waals surface area contributed by atoms with Gasteiger partial charge >= 0.3 is 0 Å². The predicted molar refractivity (Wildman–Crippen MR) is 116 cm³/mol. The maximum Gasteiger partial charge on any atom is 0.228 e. The van der Waals surface area contributed by atoms with Crippen LogP contribution in [0.5, 0.6) is 0 Å². The zero-order valence-electron chi connectivity index (χ0n) is 17.4. The van der Waals surface area contributed by atoms with E-state index < -0.39 is 5.41 Å². The zero-order valence-corrected chi connectivity index (χ0v) is 17.4. The van der Waals surface area contributed by atoms with E-state index in [4.69, 9.17) is 0 Å². The SMILES string of the molecule is O=C(NC1CCN(Cc2ccccc2)CC1)C1(CCO)CCN(c2ncccn2)C1. The minimum atomic E-state index is -0.574. The Bertz CT molecular complexity index is 811. The van der Waals surface area contributed by atoms with Crippen molar-refractivity contribution < 1.29 is 9.90 Å². The molecule has 0 saturated carbocycles. The number of hydrogen-bond donors (Lipinski definition) is 2. The summed E-state index contributed by atoms with van der Waals surface area (Å²) in [6.07, 6.45) is 6.54. The number of aliphatic hydroxyl groups excluding tert-OH is 1. The van der Waals surface area contributed by atoms with Gasteiger partial charge in [0, 0.05) is 57.8 Å². The van der Waals surface area contributed by atoms with Crippen LogP contribution < -0.4 is 10.2 Å². The molecule has 2 saturated heterocycles. The molecule has 0 radical (unpaired) electrons. The Morgan fingerprint density at radius 2 is 1.83 bits per heavy atom. The third-order valence-corrected chi connectivity index (χ3v) is 6.43. The largest absolute Gasteiger partial charge is 0.396 e. The van der Waals surface area contributed by atoms with Gasteiger partial charge in [0.25, 0.3) is 0 Å². The fourth-order valence-corrected chi connectivity index (χ4v) is 4.63. The third kappa shape index (κ3) is 4.79. The van der Waals surface area contributed by atoms with Crippen LogP contribution in [0.2, 0.25) is 0 Å². The summed E-state index contributed by atoms with van der Waals surface area (Å²) in [5.74, 6) is 0.718. The van der Waals surface area contributed by atoms with Gasteiger partial charge in [0.05, 0.1) is 5.41 Å². The van der Waals surface area contributed by atoms with Crippen molar-refractivity contribution in [3.05, 3.63) is 54.4 Å². The number of aliphatic hydroxyl groups is 1. The van der Waals surface area contributed by atoms with Gasteiger partial charge in [0.15, 0.2) is 0 Å². The Morgan fingerprint density at radius 1 is 1.10 bits per heavy atom. The van der Waals surface area contributed by atoms with Gasteiger partial charge in [0.1, 0.15) is 0 Å². The number of hydrogen-bond acceptors (Lipinski definition) is 6. The van der Waals surface area contributed by atoms with E-state index in [1.807, 2.05) is 6.07 Å². The van der Waals surface area contributed by atoms with Crippen LogP contribution in [0.15, 0.2) is 48.8 Å². The second-order valence-corrected chi connectivity index (χ2v) is 8.48. The lowest BCUT2D eigenvalue weighted by Crippen LogP contribution is -2.50. The van der Waals surface area contributed by atoms with Gasteiger partial charge in [-0.1, -0.05) is 30.3 Å². The lowest BCUT2D eigenvalue weighted by atomic mass is 9.82. The Kier molecular flexibility index (Phi) is 6.59. The van der Waals surface area contributed by atoms with Crippen molar-refractivity contribution in [1.29, 1.82) is 0 Å². The Balaban J connectivity index is 1.32. The Labute approximate surface area is 178 Å². The molecule has 160 valence electrons. The molecular formula is C23H31N5O2. The molecule has 0 aliphatic carbocycles. The standard InChI is InChI=1S/C23H31N5O2/c29-16-10-23(9-15-28(18-23)22-24-11-4-12-25-22)21(30)26-20-7-13-27(14-8-20)17-19-5-2-1-3-6-19/h1-6,11-12,20,29H,7-10,13-18H2,(H,26,30). The summed E-state index contributed by atoms with van der Waals surface area (Å²) >= 11 is 0. The molecule has 0 bridgehead atoms. The molecule has 1 unspecified atom stereocenters. The Morgan fingerprint density at radius 3 is 2.53 bits per heavy atom. The number of nitrogens with one attached hydrogen (secondary N) is 1. The molecule has 30 heavy (non-hydrogen) atoms. The third-order valence-electron chi connectivity index (χ3n) is 6.43. The van der Waals surface area contributed by atoms with E-state index in [1.165, 1.54) is 5.56 Å². The molecule has 2 fully saturated rings. The fourth-order valence-electron chi connectivity index (χ4n) is 4.63. The molecule has 7 nitrogen and oxygen atoms in total. The fraction of sp³-hybridized carbons (Fsp3) is 0.522. The first-order valence-corrected chi connectivity index (χ1v) is 10.9. The summed E-state index contributed by atoms with van der Waals surface area (Å²) in [6, 6.07) is 12.5. The smallest absolute Gasteiger partial charge is 0.228 e. The molecule has 7 heteroatoms. The van der Waals surface area contributed by atoms with Crippen LogP contribution >= 0.6 is 0 Å². The molecule has 2 aliphatic heterocycles. The average Bonchev–Trinajstić information content (AvgIpc) is 3.22. The van der Waals surface area contributed by atoms with E-state index in [0.717, 1.165) is 39.0 Å². The highest BCUT2D eigenvalue weighted by Gasteiger charge is 2.45. The maximum absolute atomic E-state index is 13.3. The van der Waals surface area contributed by atoms with Crippen molar-refractivity contribution in [2.75, 3.05) is 37.7 Å². The van der Waals surface area contributed by atoms with Crippen LogP contribution in [0.4, 0.5) is 5.95 Å². The number of benzene rings is 1. The number of nitrogens with zero attached hydrogens (tertiary/aromatic N) is 4. The van der Waals surface area contributed by atoms with Crippen LogP contribution in [0.25, 0.3) is 0 Å². The molecule has 2 aliphatic rings. The van der Waals surface area contributed by atoms with Crippen molar-refractivity contribution in [3.8, 4) is 0 Å². The monoisotopic (exact) mass is 409 g/mol. The molecule has 0 spiro atoms. The zero-order chi connectivity index (χ0) is 20.8. The quantitative estimate of drug-likeness (QED) is 0.726. The lowest BCUT2D eigenvalue weighted by molar-refractivity contribution is -0.132. The van der Waals surface area contributed by atoms with Crippen molar-refractivity contribution in [2.24, 2.45) is 5.41 Å². The summed E-state index contributed by atoms with van der Waals surface area (Å²) in [7, 11) is 0. The minimum Gasteiger partial charge on any atom is -0.396 e. The van der Waals surface area contributed by atoms with Crippen LogP contribution in [0.3, 0.4) is 0 Å². The number of aromatic nitrogens is 2. The van der Waals surface area contributed by atoms with Gasteiger partial charge < -0.3 is 15.3 Å². The van der Waals surface area contributed by atoms with Gasteiger partial charge in [-0.05, 0) is 37.3 Å². The molecule has 1 aromatic carbocycles. The van der Waals surface area contributed by atoms with Crippen LogP contribution in [-0.4, -0.2) is 64.7 Å². The number of likely N-dealkylation sites (tertiary alicyclic amines) is 1. The molecule has 1 amide bonds. The highest BCUT2D eigenvalue weighted by molar-refractivity contribution is 5.84. The van der Waals surface area contributed by atoms with Crippen LogP contribution in [0, 0.1) is 5.41 Å². The lowest BCUT2D eigenvalue weighted by Gasteiger charge is -2.35. The van der Waals surface area contributed by atoms with Gasteiger partial charge in [0.2, 0.25) is 11.9 Å². The van der Waals surface area contributed by atoms with Crippen molar-refractivity contribution in [3.63, 3.8) is 0 Å². The van der Waals surface area contributed by atoms with Crippen LogP contribution in [-0.2, 0) is 11.3 Å². The topological polar surface area (TPSA) is 81.6 Å². The van der Waals surface area contributed by atoms with Crippen molar-refractivity contribution in [1.82, 2.24) is 20.2 Å². The number of anilines is 1. The van der Waals surface area contributed by atoms with Gasteiger partial charge in [-0.15, -0.1) is 0 Å². The van der Waals surface area contributed by atoms with E-state index in [1.54, 1.807) is 18.5 Å². The first-order valence-electron chi connectivity index (χ1n) is 10.9.